The predicted octanol–water partition coefficient (Wildman–Crippen LogP) is 6.31. The number of hydrogen-bond donors (Lipinski definition) is 0. The highest BCUT2D eigenvalue weighted by Crippen LogP contribution is 2.19. The second-order valence-electron chi connectivity index (χ2n) is 6.38. The summed E-state index contributed by atoms with van der Waals surface area (Å²) in [6.45, 7) is 0. The van der Waals surface area contributed by atoms with Gasteiger partial charge >= 0.3 is 0 Å². The Morgan fingerprint density at radius 3 is 1.54 bits per heavy atom. The van der Waals surface area contributed by atoms with Crippen molar-refractivity contribution in [3.05, 3.63) is 95.7 Å². The summed E-state index contributed by atoms with van der Waals surface area (Å²) in [5.41, 5.74) is 5.41. The van der Waals surface area contributed by atoms with Crippen LogP contribution in [0.5, 0.6) is 0 Å². The van der Waals surface area contributed by atoms with Crippen molar-refractivity contribution >= 4 is 46.5 Å². The lowest BCUT2D eigenvalue weighted by molar-refractivity contribution is 0.589. The first kappa shape index (κ1) is 16.3. The lowest BCUT2D eigenvalue weighted by Crippen LogP contribution is -1.77. The van der Waals surface area contributed by atoms with Gasteiger partial charge in [0.2, 0.25) is 11.8 Å². The molecule has 5 aromatic rings. The van der Waals surface area contributed by atoms with Crippen LogP contribution in [-0.2, 0) is 0 Å². The molecular weight excluding hydrogens is 348 g/mol. The summed E-state index contributed by atoms with van der Waals surface area (Å²) in [5, 5.41) is 0. The lowest BCUT2D eigenvalue weighted by Gasteiger charge is -1.96. The molecule has 0 radical (unpaired) electrons. The van der Waals surface area contributed by atoms with E-state index < -0.39 is 0 Å². The molecule has 0 saturated heterocycles. The largest absolute Gasteiger partial charge is 0.437 e. The van der Waals surface area contributed by atoms with Crippen molar-refractivity contribution in [2.75, 3.05) is 0 Å². The molecule has 2 aromatic heterocycles. The molecule has 134 valence electrons. The van der Waals surface area contributed by atoms with Crippen LogP contribution in [0.4, 0.5) is 0 Å². The first-order valence-electron chi connectivity index (χ1n) is 9.01. The minimum Gasteiger partial charge on any atom is -0.437 e. The van der Waals surface area contributed by atoms with Gasteiger partial charge in [-0.1, -0.05) is 42.5 Å². The number of benzene rings is 3. The highest BCUT2D eigenvalue weighted by atomic mass is 16.4. The highest BCUT2D eigenvalue weighted by Gasteiger charge is 2.02. The van der Waals surface area contributed by atoms with Crippen LogP contribution < -0.4 is 0 Å². The van der Waals surface area contributed by atoms with Gasteiger partial charge in [-0.05, 0) is 53.6 Å². The van der Waals surface area contributed by atoms with E-state index in [2.05, 4.69) is 16.0 Å². The SMILES string of the molecule is C(=C\c1nc2ccccc2o1)/c1cccc(/C=C/c2nc3ccccc3o2)c1. The Hall–Kier alpha value is -3.92. The predicted molar refractivity (Wildman–Crippen MR) is 112 cm³/mol. The maximum Gasteiger partial charge on any atom is 0.220 e. The van der Waals surface area contributed by atoms with Crippen molar-refractivity contribution in [2.24, 2.45) is 0 Å². The molecule has 2 heterocycles. The molecule has 0 bridgehead atoms. The van der Waals surface area contributed by atoms with Gasteiger partial charge in [0.15, 0.2) is 11.2 Å². The second kappa shape index (κ2) is 7.00. The van der Waals surface area contributed by atoms with E-state index in [4.69, 9.17) is 8.83 Å². The number of rotatable bonds is 4. The minimum atomic E-state index is 0.591. The maximum atomic E-state index is 5.72. The van der Waals surface area contributed by atoms with E-state index >= 15 is 0 Å². The highest BCUT2D eigenvalue weighted by molar-refractivity contribution is 5.78. The number of hydrogen-bond acceptors (Lipinski definition) is 4. The number of para-hydroxylation sites is 4. The Morgan fingerprint density at radius 1 is 0.536 bits per heavy atom. The fraction of sp³-hybridized carbons (Fsp3) is 0. The minimum absolute atomic E-state index is 0.591. The zero-order chi connectivity index (χ0) is 18.8. The summed E-state index contributed by atoms with van der Waals surface area (Å²) in [6, 6.07) is 23.6. The Bertz CT molecular complexity index is 1160. The van der Waals surface area contributed by atoms with E-state index in [-0.39, 0.29) is 0 Å². The Kier molecular flexibility index (Phi) is 4.07. The first-order valence-corrected chi connectivity index (χ1v) is 9.01. The molecule has 0 fully saturated rings. The number of oxazole rings is 2. The topological polar surface area (TPSA) is 52.1 Å². The van der Waals surface area contributed by atoms with Gasteiger partial charge in [-0.25, -0.2) is 9.97 Å². The quantitative estimate of drug-likeness (QED) is 0.375. The number of fused-ring (bicyclic) bond motifs is 2. The van der Waals surface area contributed by atoms with Crippen LogP contribution in [0.15, 0.2) is 81.6 Å². The molecule has 5 rings (SSSR count). The molecule has 0 unspecified atom stereocenters. The average molecular weight is 364 g/mol. The monoisotopic (exact) mass is 364 g/mol. The molecule has 0 saturated carbocycles. The fourth-order valence-corrected chi connectivity index (χ4v) is 3.02. The van der Waals surface area contributed by atoms with Gasteiger partial charge in [0.05, 0.1) is 0 Å². The first-order chi connectivity index (χ1) is 13.8. The van der Waals surface area contributed by atoms with Crippen molar-refractivity contribution in [1.29, 1.82) is 0 Å². The third kappa shape index (κ3) is 3.35. The van der Waals surface area contributed by atoms with E-state index in [0.29, 0.717) is 11.8 Å². The smallest absolute Gasteiger partial charge is 0.220 e. The van der Waals surface area contributed by atoms with Gasteiger partial charge in [-0.15, -0.1) is 0 Å². The summed E-state index contributed by atoms with van der Waals surface area (Å²) in [6.07, 6.45) is 7.73. The van der Waals surface area contributed by atoms with Crippen LogP contribution in [0.3, 0.4) is 0 Å². The van der Waals surface area contributed by atoms with Crippen molar-refractivity contribution in [3.63, 3.8) is 0 Å². The van der Waals surface area contributed by atoms with Crippen LogP contribution in [-0.4, -0.2) is 9.97 Å². The Labute approximate surface area is 161 Å². The molecule has 0 aliphatic heterocycles. The molecule has 0 aliphatic carbocycles. The number of nitrogens with zero attached hydrogens (tertiary/aromatic N) is 2. The van der Waals surface area contributed by atoms with Crippen molar-refractivity contribution < 1.29 is 8.83 Å². The molecule has 4 heteroatoms. The van der Waals surface area contributed by atoms with Gasteiger partial charge in [0, 0.05) is 12.2 Å². The standard InChI is InChI=1S/C24H16N2O2/c1-3-10-21-19(8-1)25-23(27-21)14-12-17-6-5-7-18(16-17)13-15-24-26-20-9-2-4-11-22(20)28-24/h1-16H/b14-12+,15-13+. The summed E-state index contributed by atoms with van der Waals surface area (Å²) in [5.74, 6) is 1.18. The molecule has 0 N–H and O–H groups in total. The molecule has 0 aliphatic rings. The van der Waals surface area contributed by atoms with E-state index in [9.17, 15) is 0 Å². The van der Waals surface area contributed by atoms with Crippen LogP contribution in [0.25, 0.3) is 46.5 Å². The molecule has 3 aromatic carbocycles. The Balaban J connectivity index is 1.36. The van der Waals surface area contributed by atoms with Crippen LogP contribution in [0.2, 0.25) is 0 Å². The van der Waals surface area contributed by atoms with Crippen LogP contribution in [0.1, 0.15) is 22.9 Å². The van der Waals surface area contributed by atoms with E-state index in [1.54, 1.807) is 0 Å². The van der Waals surface area contributed by atoms with Crippen molar-refractivity contribution in [2.45, 2.75) is 0 Å². The van der Waals surface area contributed by atoms with Gasteiger partial charge < -0.3 is 8.83 Å². The van der Waals surface area contributed by atoms with Gasteiger partial charge in [-0.3, -0.25) is 0 Å². The van der Waals surface area contributed by atoms with Crippen molar-refractivity contribution in [1.82, 2.24) is 9.97 Å². The van der Waals surface area contributed by atoms with Gasteiger partial charge in [-0.2, -0.15) is 0 Å². The molecule has 4 nitrogen and oxygen atoms in total. The van der Waals surface area contributed by atoms with E-state index in [0.717, 1.165) is 33.3 Å². The normalized spacial score (nSPS) is 12.0. The second-order valence-corrected chi connectivity index (χ2v) is 6.38. The van der Waals surface area contributed by atoms with Crippen LogP contribution in [0, 0.1) is 0 Å². The molecule has 0 amide bonds. The summed E-state index contributed by atoms with van der Waals surface area (Å²) >= 11 is 0. The molecular formula is C24H16N2O2. The average Bonchev–Trinajstić information content (AvgIpc) is 3.34. The van der Waals surface area contributed by atoms with Gasteiger partial charge in [0.1, 0.15) is 11.0 Å². The maximum absolute atomic E-state index is 5.72. The Morgan fingerprint density at radius 2 is 1.04 bits per heavy atom. The molecule has 28 heavy (non-hydrogen) atoms. The van der Waals surface area contributed by atoms with Crippen LogP contribution >= 0.6 is 0 Å². The molecule has 0 spiro atoms. The zero-order valence-electron chi connectivity index (χ0n) is 14.9. The zero-order valence-corrected chi connectivity index (χ0v) is 14.9. The lowest BCUT2D eigenvalue weighted by atomic mass is 10.1. The third-order valence-corrected chi connectivity index (χ3v) is 4.37. The summed E-state index contributed by atoms with van der Waals surface area (Å²) < 4.78 is 11.4. The third-order valence-electron chi connectivity index (χ3n) is 4.37. The fourth-order valence-electron chi connectivity index (χ4n) is 3.02. The van der Waals surface area contributed by atoms with E-state index in [1.807, 2.05) is 91.0 Å². The summed E-state index contributed by atoms with van der Waals surface area (Å²) in [7, 11) is 0. The van der Waals surface area contributed by atoms with Gasteiger partial charge in [0.25, 0.3) is 0 Å². The molecule has 0 atom stereocenters. The summed E-state index contributed by atoms with van der Waals surface area (Å²) in [4.78, 5) is 8.92. The van der Waals surface area contributed by atoms with Crippen molar-refractivity contribution in [3.8, 4) is 0 Å². The number of aromatic nitrogens is 2. The van der Waals surface area contributed by atoms with E-state index in [1.165, 1.54) is 0 Å².